The molecule has 2 aromatic rings. The van der Waals surface area contributed by atoms with Gasteiger partial charge in [-0.2, -0.15) is 8.42 Å². The first-order chi connectivity index (χ1) is 13.6. The van der Waals surface area contributed by atoms with Crippen LogP contribution in [0.25, 0.3) is 6.08 Å². The maximum Gasteiger partial charge on any atom is 0.339 e. The fraction of sp³-hybridized carbons (Fsp3) is 0.0556. The van der Waals surface area contributed by atoms with Crippen LogP contribution >= 0.6 is 35.6 Å². The van der Waals surface area contributed by atoms with E-state index in [2.05, 4.69) is 10.6 Å². The highest BCUT2D eigenvalue weighted by Gasteiger charge is 2.22. The third-order valence-electron chi connectivity index (χ3n) is 3.56. The summed E-state index contributed by atoms with van der Waals surface area (Å²) in [5, 5.41) is 5.11. The fourth-order valence-corrected chi connectivity index (χ4v) is 4.59. The zero-order valence-corrected chi connectivity index (χ0v) is 18.0. The highest BCUT2D eigenvalue weighted by molar-refractivity contribution is 8.26. The van der Waals surface area contributed by atoms with Gasteiger partial charge in [0.25, 0.3) is 5.91 Å². The Hall–Kier alpha value is -2.40. The lowest BCUT2D eigenvalue weighted by molar-refractivity contribution is -0.115. The molecule has 2 aromatic carbocycles. The molecule has 0 atom stereocenters. The Bertz CT molecular complexity index is 1140. The summed E-state index contributed by atoms with van der Waals surface area (Å²) in [6, 6.07) is 9.96. The summed E-state index contributed by atoms with van der Waals surface area (Å²) in [5.74, 6) is -0.630. The molecule has 1 saturated heterocycles. The predicted octanol–water partition coefficient (Wildman–Crippen LogP) is 3.55. The molecule has 3 rings (SSSR count). The number of nitrogens with one attached hydrogen (secondary N) is 2. The number of carbonyl (C=O) groups excluding carboxylic acids is 2. The molecular formula is C18H13ClN2O5S3. The zero-order chi connectivity index (χ0) is 21.2. The second kappa shape index (κ2) is 8.54. The molecule has 29 heavy (non-hydrogen) atoms. The number of thiocarbonyl (C=S) groups is 1. The molecule has 0 spiro atoms. The van der Waals surface area contributed by atoms with E-state index in [1.165, 1.54) is 43.3 Å². The SMILES string of the molecule is CC(=O)Nc1ccc(S(=O)(=O)Oc2ccc(C=C3SC(=S)NC3=O)cc2Cl)cc1. The molecule has 0 unspecified atom stereocenters. The van der Waals surface area contributed by atoms with Crippen LogP contribution in [0.5, 0.6) is 5.75 Å². The van der Waals surface area contributed by atoms with Gasteiger partial charge in [0, 0.05) is 12.6 Å². The Kier molecular flexibility index (Phi) is 6.27. The topological polar surface area (TPSA) is 102 Å². The first-order valence-corrected chi connectivity index (χ1v) is 11.0. The molecule has 2 N–H and O–H groups in total. The van der Waals surface area contributed by atoms with Crippen molar-refractivity contribution in [3.8, 4) is 5.75 Å². The summed E-state index contributed by atoms with van der Waals surface area (Å²) in [6.45, 7) is 1.35. The molecule has 1 heterocycles. The van der Waals surface area contributed by atoms with Crippen molar-refractivity contribution in [3.05, 3.63) is 58.0 Å². The lowest BCUT2D eigenvalue weighted by atomic mass is 10.2. The van der Waals surface area contributed by atoms with Crippen molar-refractivity contribution in [2.75, 3.05) is 5.32 Å². The van der Waals surface area contributed by atoms with Crippen LogP contribution in [-0.2, 0) is 19.7 Å². The Morgan fingerprint density at radius 2 is 1.93 bits per heavy atom. The molecule has 7 nitrogen and oxygen atoms in total. The molecule has 0 bridgehead atoms. The van der Waals surface area contributed by atoms with Gasteiger partial charge in [0.15, 0.2) is 5.75 Å². The largest absolute Gasteiger partial charge is 0.377 e. The minimum Gasteiger partial charge on any atom is -0.377 e. The summed E-state index contributed by atoms with van der Waals surface area (Å²) < 4.78 is 30.5. The van der Waals surface area contributed by atoms with Gasteiger partial charge in [0.1, 0.15) is 9.22 Å². The number of benzene rings is 2. The van der Waals surface area contributed by atoms with Crippen LogP contribution in [0.3, 0.4) is 0 Å². The highest BCUT2D eigenvalue weighted by atomic mass is 35.5. The maximum absolute atomic E-state index is 12.5. The Morgan fingerprint density at radius 3 is 2.48 bits per heavy atom. The van der Waals surface area contributed by atoms with Crippen LogP contribution in [0.1, 0.15) is 12.5 Å². The summed E-state index contributed by atoms with van der Waals surface area (Å²) in [4.78, 5) is 23.1. The Morgan fingerprint density at radius 1 is 1.24 bits per heavy atom. The summed E-state index contributed by atoms with van der Waals surface area (Å²) in [6.07, 6.45) is 1.59. The van der Waals surface area contributed by atoms with E-state index in [-0.39, 0.29) is 27.5 Å². The molecule has 1 fully saturated rings. The minimum absolute atomic E-state index is 0.0567. The van der Waals surface area contributed by atoms with E-state index in [4.69, 9.17) is 28.0 Å². The Labute approximate surface area is 181 Å². The van der Waals surface area contributed by atoms with Gasteiger partial charge in [-0.25, -0.2) is 0 Å². The maximum atomic E-state index is 12.5. The number of hydrogen-bond donors (Lipinski definition) is 2. The van der Waals surface area contributed by atoms with Gasteiger partial charge in [-0.15, -0.1) is 0 Å². The van der Waals surface area contributed by atoms with E-state index >= 15 is 0 Å². The van der Waals surface area contributed by atoms with Gasteiger partial charge in [-0.05, 0) is 48.0 Å². The molecule has 1 aliphatic heterocycles. The quantitative estimate of drug-likeness (QED) is 0.393. The number of anilines is 1. The van der Waals surface area contributed by atoms with Crippen molar-refractivity contribution in [2.24, 2.45) is 0 Å². The fourth-order valence-electron chi connectivity index (χ4n) is 2.32. The number of hydrogen-bond acceptors (Lipinski definition) is 7. The van der Waals surface area contributed by atoms with Crippen molar-refractivity contribution in [3.63, 3.8) is 0 Å². The number of amides is 2. The third kappa shape index (κ3) is 5.36. The lowest BCUT2D eigenvalue weighted by Crippen LogP contribution is -2.17. The lowest BCUT2D eigenvalue weighted by Gasteiger charge is -2.10. The van der Waals surface area contributed by atoms with Gasteiger partial charge in [0.05, 0.1) is 9.93 Å². The van der Waals surface area contributed by atoms with E-state index < -0.39 is 10.1 Å². The number of rotatable bonds is 5. The molecule has 1 aliphatic rings. The summed E-state index contributed by atoms with van der Waals surface area (Å²) in [5.41, 5.74) is 1.04. The normalized spacial score (nSPS) is 15.3. The van der Waals surface area contributed by atoms with Gasteiger partial charge in [0.2, 0.25) is 5.91 Å². The van der Waals surface area contributed by atoms with E-state index in [0.29, 0.717) is 20.5 Å². The van der Waals surface area contributed by atoms with E-state index in [9.17, 15) is 18.0 Å². The van der Waals surface area contributed by atoms with Gasteiger partial charge >= 0.3 is 10.1 Å². The van der Waals surface area contributed by atoms with E-state index in [1.807, 2.05) is 0 Å². The van der Waals surface area contributed by atoms with Gasteiger partial charge in [-0.1, -0.05) is 41.6 Å². The van der Waals surface area contributed by atoms with Crippen molar-refractivity contribution in [2.45, 2.75) is 11.8 Å². The Balaban J connectivity index is 1.79. The number of thioether (sulfide) groups is 1. The van der Waals surface area contributed by atoms with Gasteiger partial charge in [-0.3, -0.25) is 9.59 Å². The first-order valence-electron chi connectivity index (χ1n) is 8.00. The van der Waals surface area contributed by atoms with Crippen LogP contribution in [0.4, 0.5) is 5.69 Å². The monoisotopic (exact) mass is 468 g/mol. The highest BCUT2D eigenvalue weighted by Crippen LogP contribution is 2.31. The second-order valence-electron chi connectivity index (χ2n) is 5.79. The van der Waals surface area contributed by atoms with Crippen LogP contribution in [0.2, 0.25) is 5.02 Å². The second-order valence-corrected chi connectivity index (χ2v) is 9.46. The van der Waals surface area contributed by atoms with Crippen LogP contribution < -0.4 is 14.8 Å². The van der Waals surface area contributed by atoms with Crippen molar-refractivity contribution in [1.82, 2.24) is 5.32 Å². The molecule has 0 saturated carbocycles. The van der Waals surface area contributed by atoms with Gasteiger partial charge < -0.3 is 14.8 Å². The third-order valence-corrected chi connectivity index (χ3v) is 6.27. The predicted molar refractivity (Wildman–Crippen MR) is 116 cm³/mol. The average molecular weight is 469 g/mol. The van der Waals surface area contributed by atoms with Crippen LogP contribution in [0, 0.1) is 0 Å². The zero-order valence-electron chi connectivity index (χ0n) is 14.8. The molecule has 2 amide bonds. The summed E-state index contributed by atoms with van der Waals surface area (Å²) >= 11 is 12.2. The minimum atomic E-state index is -4.13. The molecule has 0 aromatic heterocycles. The van der Waals surface area contributed by atoms with Crippen LogP contribution in [0.15, 0.2) is 52.3 Å². The standard InChI is InChI=1S/C18H13ClN2O5S3/c1-10(22)20-12-3-5-13(6-4-12)29(24,25)26-15-7-2-11(8-14(15)19)9-16-17(23)21-18(27)28-16/h2-9H,1H3,(H,20,22)(H,21,23,27). The molecule has 150 valence electrons. The molecule has 11 heteroatoms. The van der Waals surface area contributed by atoms with Crippen molar-refractivity contribution < 1.29 is 22.2 Å². The molecular weight excluding hydrogens is 456 g/mol. The molecule has 0 aliphatic carbocycles. The molecule has 0 radical (unpaired) electrons. The number of halogens is 1. The van der Waals surface area contributed by atoms with E-state index in [1.54, 1.807) is 12.1 Å². The van der Waals surface area contributed by atoms with Crippen LogP contribution in [-0.4, -0.2) is 24.6 Å². The summed E-state index contributed by atoms with van der Waals surface area (Å²) in [7, 11) is -4.13. The number of carbonyl (C=O) groups is 2. The first kappa shape index (κ1) is 21.3. The van der Waals surface area contributed by atoms with E-state index in [0.717, 1.165) is 11.8 Å². The van der Waals surface area contributed by atoms with Crippen molar-refractivity contribution >= 4 is 73.6 Å². The smallest absolute Gasteiger partial charge is 0.339 e. The average Bonchev–Trinajstić information content (AvgIpc) is 2.94. The van der Waals surface area contributed by atoms with Crippen molar-refractivity contribution in [1.29, 1.82) is 0 Å².